The highest BCUT2D eigenvalue weighted by Gasteiger charge is 2.23. The molecule has 100 valence electrons. The molecule has 18 heavy (non-hydrogen) atoms. The summed E-state index contributed by atoms with van der Waals surface area (Å²) in [6, 6.07) is 4.50. The molecule has 1 atom stereocenters. The summed E-state index contributed by atoms with van der Waals surface area (Å²) in [4.78, 5) is 4.47. The van der Waals surface area contributed by atoms with E-state index in [1.54, 1.807) is 0 Å². The molecule has 0 saturated heterocycles. The number of aromatic nitrogens is 1. The second-order valence-corrected chi connectivity index (χ2v) is 4.39. The van der Waals surface area contributed by atoms with Crippen molar-refractivity contribution in [2.45, 2.75) is 39.0 Å². The van der Waals surface area contributed by atoms with Crippen LogP contribution in [0.5, 0.6) is 0 Å². The Balaban J connectivity index is 1.87. The van der Waals surface area contributed by atoms with Crippen LogP contribution in [0.1, 0.15) is 37.6 Å². The van der Waals surface area contributed by atoms with E-state index in [0.29, 0.717) is 25.8 Å². The first-order valence-electron chi connectivity index (χ1n) is 6.75. The van der Waals surface area contributed by atoms with E-state index in [1.807, 2.05) is 26.1 Å². The minimum absolute atomic E-state index is 0.159. The highest BCUT2D eigenvalue weighted by Crippen LogP contribution is 2.28. The topological polar surface area (TPSA) is 43.4 Å². The van der Waals surface area contributed by atoms with Crippen LogP contribution in [0, 0.1) is 0 Å². The largest absolute Gasteiger partial charge is 0.352 e. The van der Waals surface area contributed by atoms with Gasteiger partial charge in [0.2, 0.25) is 0 Å². The second kappa shape index (κ2) is 6.83. The minimum Gasteiger partial charge on any atom is -0.352 e. The second-order valence-electron chi connectivity index (χ2n) is 4.39. The van der Waals surface area contributed by atoms with E-state index < -0.39 is 0 Å². The van der Waals surface area contributed by atoms with Crippen molar-refractivity contribution in [2.75, 3.05) is 19.8 Å². The maximum Gasteiger partial charge on any atom is 0.169 e. The van der Waals surface area contributed by atoms with E-state index in [0.717, 1.165) is 12.8 Å². The van der Waals surface area contributed by atoms with Gasteiger partial charge in [0.1, 0.15) is 0 Å². The summed E-state index contributed by atoms with van der Waals surface area (Å²) in [5.41, 5.74) is 2.55. The summed E-state index contributed by atoms with van der Waals surface area (Å²) in [5.74, 6) is 0. The standard InChI is InChI=1S/C14H22N2O2/c1-3-17-13(18-4-2)10-16-12-8-7-11-6-5-9-15-14(11)12/h5-6,9,12-13,16H,3-4,7-8,10H2,1-2H3. The van der Waals surface area contributed by atoms with Gasteiger partial charge in [-0.05, 0) is 38.3 Å². The van der Waals surface area contributed by atoms with Gasteiger partial charge < -0.3 is 14.8 Å². The van der Waals surface area contributed by atoms with E-state index in [1.165, 1.54) is 11.3 Å². The Labute approximate surface area is 109 Å². The molecule has 1 aliphatic carbocycles. The number of hydrogen-bond donors (Lipinski definition) is 1. The van der Waals surface area contributed by atoms with Gasteiger partial charge in [-0.25, -0.2) is 0 Å². The van der Waals surface area contributed by atoms with Crippen molar-refractivity contribution in [3.63, 3.8) is 0 Å². The summed E-state index contributed by atoms with van der Waals surface area (Å²) in [6.45, 7) is 6.02. The van der Waals surface area contributed by atoms with Crippen LogP contribution in [0.3, 0.4) is 0 Å². The minimum atomic E-state index is -0.159. The molecule has 2 rings (SSSR count). The first kappa shape index (κ1) is 13.5. The third kappa shape index (κ3) is 3.28. The summed E-state index contributed by atoms with van der Waals surface area (Å²) in [7, 11) is 0. The smallest absolute Gasteiger partial charge is 0.169 e. The van der Waals surface area contributed by atoms with Gasteiger partial charge in [-0.3, -0.25) is 4.98 Å². The van der Waals surface area contributed by atoms with Crippen LogP contribution in [0.15, 0.2) is 18.3 Å². The van der Waals surface area contributed by atoms with Crippen LogP contribution >= 0.6 is 0 Å². The van der Waals surface area contributed by atoms with E-state index in [4.69, 9.17) is 9.47 Å². The van der Waals surface area contributed by atoms with E-state index in [-0.39, 0.29) is 6.29 Å². The van der Waals surface area contributed by atoms with Gasteiger partial charge in [-0.15, -0.1) is 0 Å². The summed E-state index contributed by atoms with van der Waals surface area (Å²) < 4.78 is 11.1. The van der Waals surface area contributed by atoms with Crippen LogP contribution in [0.25, 0.3) is 0 Å². The zero-order valence-electron chi connectivity index (χ0n) is 11.2. The molecule has 4 heteroatoms. The molecule has 0 bridgehead atoms. The molecule has 1 aromatic heterocycles. The Hall–Kier alpha value is -0.970. The number of pyridine rings is 1. The van der Waals surface area contributed by atoms with Crippen LogP contribution in [0.2, 0.25) is 0 Å². The van der Waals surface area contributed by atoms with E-state index in [2.05, 4.69) is 16.4 Å². The summed E-state index contributed by atoms with van der Waals surface area (Å²) in [5, 5.41) is 3.50. The Morgan fingerprint density at radius 1 is 1.39 bits per heavy atom. The van der Waals surface area contributed by atoms with Crippen molar-refractivity contribution >= 4 is 0 Å². The molecule has 0 saturated carbocycles. The molecule has 0 aromatic carbocycles. The molecule has 0 fully saturated rings. The molecule has 0 amide bonds. The maximum atomic E-state index is 5.53. The molecular formula is C14H22N2O2. The average molecular weight is 250 g/mol. The number of nitrogens with one attached hydrogen (secondary N) is 1. The quantitative estimate of drug-likeness (QED) is 0.752. The normalized spacial score (nSPS) is 18.3. The number of fused-ring (bicyclic) bond motifs is 1. The number of aryl methyl sites for hydroxylation is 1. The third-order valence-corrected chi connectivity index (χ3v) is 3.19. The third-order valence-electron chi connectivity index (χ3n) is 3.19. The van der Waals surface area contributed by atoms with E-state index in [9.17, 15) is 0 Å². The predicted molar refractivity (Wildman–Crippen MR) is 70.3 cm³/mol. The van der Waals surface area contributed by atoms with Crippen molar-refractivity contribution in [3.8, 4) is 0 Å². The SMILES string of the molecule is CCOC(CNC1CCc2cccnc21)OCC. The zero-order valence-corrected chi connectivity index (χ0v) is 11.2. The fourth-order valence-electron chi connectivity index (χ4n) is 2.39. The first-order valence-corrected chi connectivity index (χ1v) is 6.75. The lowest BCUT2D eigenvalue weighted by Crippen LogP contribution is -2.33. The highest BCUT2D eigenvalue weighted by atomic mass is 16.7. The Morgan fingerprint density at radius 3 is 2.89 bits per heavy atom. The van der Waals surface area contributed by atoms with Crippen LogP contribution in [-0.4, -0.2) is 31.0 Å². The number of hydrogen-bond acceptors (Lipinski definition) is 4. The maximum absolute atomic E-state index is 5.53. The van der Waals surface area contributed by atoms with Crippen molar-refractivity contribution in [3.05, 3.63) is 29.6 Å². The predicted octanol–water partition coefficient (Wildman–Crippen LogP) is 2.06. The van der Waals surface area contributed by atoms with Crippen molar-refractivity contribution in [1.29, 1.82) is 0 Å². The monoisotopic (exact) mass is 250 g/mol. The summed E-state index contributed by atoms with van der Waals surface area (Å²) in [6.07, 6.45) is 3.92. The molecule has 0 radical (unpaired) electrons. The van der Waals surface area contributed by atoms with Gasteiger partial charge in [-0.2, -0.15) is 0 Å². The van der Waals surface area contributed by atoms with E-state index >= 15 is 0 Å². The zero-order chi connectivity index (χ0) is 12.8. The highest BCUT2D eigenvalue weighted by molar-refractivity contribution is 5.27. The molecule has 1 aliphatic rings. The van der Waals surface area contributed by atoms with Gasteiger partial charge in [0.05, 0.1) is 11.7 Å². The number of ether oxygens (including phenoxy) is 2. The van der Waals surface area contributed by atoms with Crippen molar-refractivity contribution < 1.29 is 9.47 Å². The first-order chi connectivity index (χ1) is 8.85. The molecule has 1 aromatic rings. The Bertz CT molecular complexity index is 365. The lowest BCUT2D eigenvalue weighted by Gasteiger charge is -2.20. The fourth-order valence-corrected chi connectivity index (χ4v) is 2.39. The fraction of sp³-hybridized carbons (Fsp3) is 0.643. The van der Waals surface area contributed by atoms with Gasteiger partial charge >= 0.3 is 0 Å². The Morgan fingerprint density at radius 2 is 2.17 bits per heavy atom. The Kier molecular flexibility index (Phi) is 5.11. The number of rotatable bonds is 7. The molecule has 4 nitrogen and oxygen atoms in total. The van der Waals surface area contributed by atoms with Crippen LogP contribution in [-0.2, 0) is 15.9 Å². The number of nitrogens with zero attached hydrogens (tertiary/aromatic N) is 1. The molecule has 1 N–H and O–H groups in total. The molecule has 0 spiro atoms. The molecule has 1 heterocycles. The van der Waals surface area contributed by atoms with Crippen LogP contribution < -0.4 is 5.32 Å². The van der Waals surface area contributed by atoms with Gasteiger partial charge in [0, 0.05) is 26.0 Å². The van der Waals surface area contributed by atoms with Crippen molar-refractivity contribution in [2.24, 2.45) is 0 Å². The summed E-state index contributed by atoms with van der Waals surface area (Å²) >= 11 is 0. The van der Waals surface area contributed by atoms with Crippen molar-refractivity contribution in [1.82, 2.24) is 10.3 Å². The lowest BCUT2D eigenvalue weighted by molar-refractivity contribution is -0.133. The average Bonchev–Trinajstić information content (AvgIpc) is 2.80. The molecule has 1 unspecified atom stereocenters. The molecule has 0 aliphatic heterocycles. The van der Waals surface area contributed by atoms with Gasteiger partial charge in [0.15, 0.2) is 6.29 Å². The lowest BCUT2D eigenvalue weighted by atomic mass is 10.2. The van der Waals surface area contributed by atoms with Gasteiger partial charge in [-0.1, -0.05) is 6.07 Å². The van der Waals surface area contributed by atoms with Crippen LogP contribution in [0.4, 0.5) is 0 Å². The molecular weight excluding hydrogens is 228 g/mol. The van der Waals surface area contributed by atoms with Gasteiger partial charge in [0.25, 0.3) is 0 Å².